The molecule has 4 rings (SSSR count). The molecule has 4 aromatic rings. The van der Waals surface area contributed by atoms with Crippen molar-refractivity contribution in [2.75, 3.05) is 0 Å². The summed E-state index contributed by atoms with van der Waals surface area (Å²) in [5.41, 5.74) is 2.79. The van der Waals surface area contributed by atoms with Crippen molar-refractivity contribution in [3.8, 4) is 11.3 Å². The average molecular weight is 381 g/mol. The van der Waals surface area contributed by atoms with Crippen molar-refractivity contribution >= 4 is 43.6 Å². The van der Waals surface area contributed by atoms with Crippen LogP contribution in [0.15, 0.2) is 63.5 Å². The number of para-hydroxylation sites is 1. The highest BCUT2D eigenvalue weighted by atomic mass is 79.9. The van der Waals surface area contributed by atoms with Crippen molar-refractivity contribution in [3.05, 3.63) is 70.2 Å². The molecular weight excluding hydrogens is 368 g/mol. The second-order valence-corrected chi connectivity index (χ2v) is 6.55. The van der Waals surface area contributed by atoms with Crippen LogP contribution < -0.4 is 0 Å². The number of carboxylic acids is 1. The monoisotopic (exact) mass is 380 g/mol. The Morgan fingerprint density at radius 2 is 1.83 bits per heavy atom. The summed E-state index contributed by atoms with van der Waals surface area (Å²) >= 11 is 3.52. The van der Waals surface area contributed by atoms with Gasteiger partial charge in [-0.3, -0.25) is 0 Å². The Morgan fingerprint density at radius 3 is 2.58 bits per heavy atom. The SMILES string of the molecule is Cc1c(C(=O)O)cc2cc(-c3cc4ccccc4o3)ccc2c1Br. The number of benzene rings is 3. The first-order chi connectivity index (χ1) is 11.5. The summed E-state index contributed by atoms with van der Waals surface area (Å²) in [5, 5.41) is 12.3. The second kappa shape index (κ2) is 5.49. The van der Waals surface area contributed by atoms with E-state index < -0.39 is 5.97 Å². The van der Waals surface area contributed by atoms with Crippen LogP contribution in [0.25, 0.3) is 33.1 Å². The van der Waals surface area contributed by atoms with Crippen LogP contribution >= 0.6 is 15.9 Å². The van der Waals surface area contributed by atoms with Crippen molar-refractivity contribution in [2.45, 2.75) is 6.92 Å². The first-order valence-corrected chi connectivity index (χ1v) is 8.29. The molecule has 0 amide bonds. The van der Waals surface area contributed by atoms with Gasteiger partial charge in [0.1, 0.15) is 11.3 Å². The lowest BCUT2D eigenvalue weighted by atomic mass is 9.99. The predicted octanol–water partition coefficient (Wildman–Crippen LogP) is 6.02. The number of hydrogen-bond acceptors (Lipinski definition) is 2. The molecule has 0 aliphatic heterocycles. The molecule has 0 spiro atoms. The molecule has 3 nitrogen and oxygen atoms in total. The van der Waals surface area contributed by atoms with E-state index in [1.807, 2.05) is 48.5 Å². The molecule has 0 unspecified atom stereocenters. The number of aromatic carboxylic acids is 1. The highest BCUT2D eigenvalue weighted by Crippen LogP contribution is 2.34. The quantitative estimate of drug-likeness (QED) is 0.462. The minimum absolute atomic E-state index is 0.302. The summed E-state index contributed by atoms with van der Waals surface area (Å²) in [5.74, 6) is -0.157. The van der Waals surface area contributed by atoms with Crippen LogP contribution in [0.4, 0.5) is 0 Å². The third-order valence-electron chi connectivity index (χ3n) is 4.26. The van der Waals surface area contributed by atoms with Gasteiger partial charge in [0.2, 0.25) is 0 Å². The van der Waals surface area contributed by atoms with Crippen molar-refractivity contribution in [1.29, 1.82) is 0 Å². The fourth-order valence-electron chi connectivity index (χ4n) is 2.97. The standard InChI is InChI=1S/C20H13BrO3/c1-11-16(20(22)23)9-14-8-13(6-7-15(14)19(11)21)18-10-12-4-2-3-5-17(12)24-18/h2-10H,1H3,(H,22,23). The van der Waals surface area contributed by atoms with E-state index in [2.05, 4.69) is 15.9 Å². The zero-order valence-electron chi connectivity index (χ0n) is 12.8. The number of carbonyl (C=O) groups is 1. The number of halogens is 1. The Morgan fingerprint density at radius 1 is 1.04 bits per heavy atom. The molecule has 1 aromatic heterocycles. The number of rotatable bonds is 2. The van der Waals surface area contributed by atoms with Crippen molar-refractivity contribution in [2.24, 2.45) is 0 Å². The molecule has 0 fully saturated rings. The smallest absolute Gasteiger partial charge is 0.336 e. The lowest BCUT2D eigenvalue weighted by Gasteiger charge is -2.09. The van der Waals surface area contributed by atoms with Gasteiger partial charge in [-0.15, -0.1) is 0 Å². The van der Waals surface area contributed by atoms with E-state index in [0.29, 0.717) is 5.56 Å². The molecule has 0 saturated heterocycles. The van der Waals surface area contributed by atoms with Crippen LogP contribution in [-0.2, 0) is 0 Å². The van der Waals surface area contributed by atoms with Crippen molar-refractivity contribution in [1.82, 2.24) is 0 Å². The molecule has 0 radical (unpaired) electrons. The molecule has 1 heterocycles. The van der Waals surface area contributed by atoms with Crippen LogP contribution in [0.3, 0.4) is 0 Å². The minimum Gasteiger partial charge on any atom is -0.478 e. The van der Waals surface area contributed by atoms with Gasteiger partial charge >= 0.3 is 5.97 Å². The Balaban J connectivity index is 1.94. The normalized spacial score (nSPS) is 11.2. The largest absolute Gasteiger partial charge is 0.478 e. The van der Waals surface area contributed by atoms with Gasteiger partial charge in [0.05, 0.1) is 5.56 Å². The Kier molecular flexibility index (Phi) is 3.43. The number of hydrogen-bond donors (Lipinski definition) is 1. The molecular formula is C20H13BrO3. The summed E-state index contributed by atoms with van der Waals surface area (Å²) in [7, 11) is 0. The van der Waals surface area contributed by atoms with E-state index in [9.17, 15) is 9.90 Å². The van der Waals surface area contributed by atoms with Crippen LogP contribution in [-0.4, -0.2) is 11.1 Å². The van der Waals surface area contributed by atoms with Gasteiger partial charge in [-0.1, -0.05) is 30.3 Å². The summed E-state index contributed by atoms with van der Waals surface area (Å²) in [6.07, 6.45) is 0. The van der Waals surface area contributed by atoms with E-state index in [1.165, 1.54) is 0 Å². The highest BCUT2D eigenvalue weighted by Gasteiger charge is 2.14. The zero-order valence-corrected chi connectivity index (χ0v) is 14.4. The number of carboxylic acid groups (broad SMARTS) is 1. The highest BCUT2D eigenvalue weighted by molar-refractivity contribution is 9.10. The molecule has 0 bridgehead atoms. The van der Waals surface area contributed by atoms with Gasteiger partial charge in [-0.05, 0) is 63.5 Å². The summed E-state index contributed by atoms with van der Waals surface area (Å²) < 4.78 is 6.72. The lowest BCUT2D eigenvalue weighted by molar-refractivity contribution is 0.0696. The van der Waals surface area contributed by atoms with Crippen molar-refractivity contribution < 1.29 is 14.3 Å². The maximum absolute atomic E-state index is 11.5. The molecule has 0 aliphatic carbocycles. The van der Waals surface area contributed by atoms with Gasteiger partial charge in [-0.2, -0.15) is 0 Å². The van der Waals surface area contributed by atoms with E-state index in [4.69, 9.17) is 4.42 Å². The zero-order chi connectivity index (χ0) is 16.8. The Bertz CT molecular complexity index is 1080. The Labute approximate surface area is 146 Å². The minimum atomic E-state index is -0.927. The fourth-order valence-corrected chi connectivity index (χ4v) is 3.54. The van der Waals surface area contributed by atoms with Gasteiger partial charge in [0, 0.05) is 15.4 Å². The van der Waals surface area contributed by atoms with E-state index in [0.717, 1.165) is 43.1 Å². The van der Waals surface area contributed by atoms with Crippen LogP contribution in [0.1, 0.15) is 15.9 Å². The third-order valence-corrected chi connectivity index (χ3v) is 5.28. The summed E-state index contributed by atoms with van der Waals surface area (Å²) in [6, 6.07) is 17.5. The summed E-state index contributed by atoms with van der Waals surface area (Å²) in [4.78, 5) is 11.5. The first kappa shape index (κ1) is 15.0. The van der Waals surface area contributed by atoms with Gasteiger partial charge < -0.3 is 9.52 Å². The van der Waals surface area contributed by atoms with Crippen LogP contribution in [0, 0.1) is 6.92 Å². The molecule has 3 aromatic carbocycles. The predicted molar refractivity (Wildman–Crippen MR) is 98.6 cm³/mol. The topological polar surface area (TPSA) is 50.4 Å². The molecule has 0 saturated carbocycles. The van der Waals surface area contributed by atoms with E-state index in [1.54, 1.807) is 13.0 Å². The maximum Gasteiger partial charge on any atom is 0.336 e. The molecule has 0 aliphatic rings. The lowest BCUT2D eigenvalue weighted by Crippen LogP contribution is -2.00. The molecule has 1 N–H and O–H groups in total. The fraction of sp³-hybridized carbons (Fsp3) is 0.0500. The molecule has 118 valence electrons. The van der Waals surface area contributed by atoms with Gasteiger partial charge in [0.25, 0.3) is 0 Å². The van der Waals surface area contributed by atoms with Gasteiger partial charge in [0.15, 0.2) is 0 Å². The van der Waals surface area contributed by atoms with Crippen LogP contribution in [0.2, 0.25) is 0 Å². The molecule has 24 heavy (non-hydrogen) atoms. The summed E-state index contributed by atoms with van der Waals surface area (Å²) in [6.45, 7) is 1.81. The third kappa shape index (κ3) is 2.31. The van der Waals surface area contributed by atoms with Crippen LogP contribution in [0.5, 0.6) is 0 Å². The Hall–Kier alpha value is -2.59. The van der Waals surface area contributed by atoms with E-state index >= 15 is 0 Å². The van der Waals surface area contributed by atoms with Gasteiger partial charge in [-0.25, -0.2) is 4.79 Å². The number of furan rings is 1. The van der Waals surface area contributed by atoms with Crippen molar-refractivity contribution in [3.63, 3.8) is 0 Å². The second-order valence-electron chi connectivity index (χ2n) is 5.75. The number of fused-ring (bicyclic) bond motifs is 2. The van der Waals surface area contributed by atoms with E-state index in [-0.39, 0.29) is 0 Å². The maximum atomic E-state index is 11.5. The molecule has 0 atom stereocenters. The molecule has 4 heteroatoms. The average Bonchev–Trinajstić information content (AvgIpc) is 3.01. The first-order valence-electron chi connectivity index (χ1n) is 7.50.